The van der Waals surface area contributed by atoms with Gasteiger partial charge in [-0.15, -0.1) is 0 Å². The molecular formula is C22H26N6O5S2. The zero-order chi connectivity index (χ0) is 25.2. The van der Waals surface area contributed by atoms with Gasteiger partial charge >= 0.3 is 5.97 Å². The van der Waals surface area contributed by atoms with Crippen LogP contribution in [0.15, 0.2) is 35.4 Å². The van der Waals surface area contributed by atoms with Crippen molar-refractivity contribution in [3.8, 4) is 5.75 Å². The number of nitrogens with one attached hydrogen (secondary N) is 2. The van der Waals surface area contributed by atoms with Crippen molar-refractivity contribution in [2.24, 2.45) is 0 Å². The number of rotatable bonds is 9. The van der Waals surface area contributed by atoms with E-state index in [0.717, 1.165) is 16.9 Å². The minimum absolute atomic E-state index is 0.101. The molecule has 1 aromatic carbocycles. The molecule has 13 heteroatoms. The van der Waals surface area contributed by atoms with Crippen molar-refractivity contribution in [2.45, 2.75) is 37.2 Å². The molecule has 0 saturated carbocycles. The number of nitrogens with zero attached hydrogens (tertiary/aromatic N) is 4. The summed E-state index contributed by atoms with van der Waals surface area (Å²) in [5, 5.41) is 15.5. The van der Waals surface area contributed by atoms with E-state index < -0.39 is 22.0 Å². The average Bonchev–Trinajstić information content (AvgIpc) is 3.49. The highest BCUT2D eigenvalue weighted by Crippen LogP contribution is 2.37. The fraction of sp³-hybridized carbons (Fsp3) is 0.364. The number of hydrogen-bond acceptors (Lipinski definition) is 10. The van der Waals surface area contributed by atoms with Gasteiger partial charge in [0.2, 0.25) is 10.0 Å². The Bertz CT molecular complexity index is 1340. The van der Waals surface area contributed by atoms with Crippen LogP contribution < -0.4 is 15.4 Å². The zero-order valence-electron chi connectivity index (χ0n) is 19.5. The van der Waals surface area contributed by atoms with E-state index in [9.17, 15) is 13.2 Å². The summed E-state index contributed by atoms with van der Waals surface area (Å²) in [5.74, 6) is 0.358. The molecule has 1 fully saturated rings. The maximum Gasteiger partial charge on any atom is 0.347 e. The predicted molar refractivity (Wildman–Crippen MR) is 131 cm³/mol. The summed E-state index contributed by atoms with van der Waals surface area (Å²) in [6, 6.07) is 6.02. The quantitative estimate of drug-likeness (QED) is 0.386. The maximum absolute atomic E-state index is 13.6. The second-order valence-corrected chi connectivity index (χ2v) is 10.9. The molecule has 0 bridgehead atoms. The molecule has 1 saturated heterocycles. The van der Waals surface area contributed by atoms with Crippen LogP contribution in [-0.4, -0.2) is 59.5 Å². The molecule has 1 aliphatic rings. The van der Waals surface area contributed by atoms with Gasteiger partial charge in [0.15, 0.2) is 5.13 Å². The normalized spacial score (nSPS) is 16.4. The molecule has 1 atom stereocenters. The Morgan fingerprint density at radius 3 is 2.80 bits per heavy atom. The molecule has 1 aliphatic heterocycles. The zero-order valence-corrected chi connectivity index (χ0v) is 21.1. The number of benzene rings is 1. The highest BCUT2D eigenvalue weighted by molar-refractivity contribution is 7.89. The van der Waals surface area contributed by atoms with Crippen LogP contribution in [-0.2, 0) is 16.6 Å². The van der Waals surface area contributed by atoms with E-state index in [4.69, 9.17) is 9.84 Å². The summed E-state index contributed by atoms with van der Waals surface area (Å²) in [7, 11) is -0.485. The molecule has 4 rings (SSSR count). The largest absolute Gasteiger partial charge is 0.496 e. The molecule has 0 spiro atoms. The number of aryl methyl sites for hydroxylation is 1. The number of ether oxygens (including phenoxy) is 1. The highest BCUT2D eigenvalue weighted by atomic mass is 32.2. The number of thiazole rings is 1. The number of sulfonamides is 1. The highest BCUT2D eigenvalue weighted by Gasteiger charge is 2.38. The summed E-state index contributed by atoms with van der Waals surface area (Å²) in [6.45, 7) is 2.61. The van der Waals surface area contributed by atoms with Crippen LogP contribution in [0.4, 0.5) is 10.9 Å². The van der Waals surface area contributed by atoms with E-state index in [1.165, 1.54) is 10.5 Å². The molecule has 11 nitrogen and oxygen atoms in total. The standard InChI is InChI=1S/C22H26N6O5S2/c1-13-9-19(27-22-24-12-18(34-22)21(29)30)26-20(25-13)16-5-4-8-28(16)35(31,32)15-6-7-17(33-3)14(10-15)11-23-2/h6-7,9-10,12,16,23H,4-5,8,11H2,1-3H3,(H,29,30)(H,24,25,26,27). The summed E-state index contributed by atoms with van der Waals surface area (Å²) in [4.78, 5) is 24.6. The molecule has 186 valence electrons. The fourth-order valence-electron chi connectivity index (χ4n) is 4.01. The third kappa shape index (κ3) is 5.27. The summed E-state index contributed by atoms with van der Waals surface area (Å²) < 4.78 is 34.1. The van der Waals surface area contributed by atoms with Crippen molar-refractivity contribution < 1.29 is 23.1 Å². The molecule has 3 aromatic rings. The lowest BCUT2D eigenvalue weighted by Gasteiger charge is -2.24. The van der Waals surface area contributed by atoms with Gasteiger partial charge in [-0.05, 0) is 45.0 Å². The van der Waals surface area contributed by atoms with E-state index in [-0.39, 0.29) is 9.77 Å². The van der Waals surface area contributed by atoms with Crippen LogP contribution in [0, 0.1) is 6.92 Å². The van der Waals surface area contributed by atoms with Crippen molar-refractivity contribution in [3.05, 3.63) is 52.4 Å². The van der Waals surface area contributed by atoms with Crippen molar-refractivity contribution in [3.63, 3.8) is 0 Å². The second-order valence-electron chi connectivity index (χ2n) is 7.99. The second kappa shape index (κ2) is 10.2. The molecular weight excluding hydrogens is 492 g/mol. The third-order valence-corrected chi connectivity index (χ3v) is 8.36. The molecule has 1 unspecified atom stereocenters. The van der Waals surface area contributed by atoms with Crippen LogP contribution in [0.2, 0.25) is 0 Å². The number of hydrogen-bond donors (Lipinski definition) is 3. The fourth-order valence-corrected chi connectivity index (χ4v) is 6.38. The molecule has 0 aliphatic carbocycles. The minimum Gasteiger partial charge on any atom is -0.496 e. The molecule has 0 radical (unpaired) electrons. The number of aromatic carboxylic acids is 1. The number of carboxylic acid groups (broad SMARTS) is 1. The summed E-state index contributed by atoms with van der Waals surface area (Å²) in [6.07, 6.45) is 2.53. The Morgan fingerprint density at radius 2 is 2.11 bits per heavy atom. The van der Waals surface area contributed by atoms with Gasteiger partial charge < -0.3 is 20.5 Å². The van der Waals surface area contributed by atoms with E-state index in [1.807, 2.05) is 0 Å². The van der Waals surface area contributed by atoms with Gasteiger partial charge in [-0.25, -0.2) is 28.2 Å². The van der Waals surface area contributed by atoms with Gasteiger partial charge in [-0.2, -0.15) is 4.31 Å². The van der Waals surface area contributed by atoms with Crippen LogP contribution in [0.25, 0.3) is 0 Å². The van der Waals surface area contributed by atoms with Crippen LogP contribution in [0.5, 0.6) is 5.75 Å². The number of carbonyl (C=O) groups is 1. The lowest BCUT2D eigenvalue weighted by Crippen LogP contribution is -2.32. The first-order valence-electron chi connectivity index (χ1n) is 10.9. The van der Waals surface area contributed by atoms with Gasteiger partial charge in [0.05, 0.1) is 24.2 Å². The predicted octanol–water partition coefficient (Wildman–Crippen LogP) is 2.94. The Balaban J connectivity index is 1.64. The molecule has 35 heavy (non-hydrogen) atoms. The molecule has 2 aromatic heterocycles. The first-order valence-corrected chi connectivity index (χ1v) is 13.1. The van der Waals surface area contributed by atoms with E-state index in [2.05, 4.69) is 25.6 Å². The van der Waals surface area contributed by atoms with Crippen molar-refractivity contribution in [1.29, 1.82) is 0 Å². The Hall–Kier alpha value is -3.13. The van der Waals surface area contributed by atoms with E-state index in [1.54, 1.807) is 45.3 Å². The van der Waals surface area contributed by atoms with Gasteiger partial charge in [-0.3, -0.25) is 0 Å². The topological polar surface area (TPSA) is 147 Å². The summed E-state index contributed by atoms with van der Waals surface area (Å²) >= 11 is 0.986. The SMILES string of the molecule is CNCc1cc(S(=O)(=O)N2CCCC2c2nc(C)cc(Nc3ncc(C(=O)O)s3)n2)ccc1OC. The van der Waals surface area contributed by atoms with Crippen LogP contribution in [0.1, 0.15) is 45.6 Å². The van der Waals surface area contributed by atoms with E-state index in [0.29, 0.717) is 54.1 Å². The van der Waals surface area contributed by atoms with Gasteiger partial charge in [0, 0.05) is 30.4 Å². The summed E-state index contributed by atoms with van der Waals surface area (Å²) in [5.41, 5.74) is 1.40. The molecule has 3 N–H and O–H groups in total. The molecule has 3 heterocycles. The van der Waals surface area contributed by atoms with Crippen molar-refractivity contribution in [2.75, 3.05) is 26.0 Å². The number of methoxy groups -OCH3 is 1. The van der Waals surface area contributed by atoms with Gasteiger partial charge in [0.1, 0.15) is 22.3 Å². The third-order valence-electron chi connectivity index (χ3n) is 5.55. The van der Waals surface area contributed by atoms with Crippen LogP contribution >= 0.6 is 11.3 Å². The average molecular weight is 519 g/mol. The van der Waals surface area contributed by atoms with Gasteiger partial charge in [0.25, 0.3) is 0 Å². The smallest absolute Gasteiger partial charge is 0.347 e. The van der Waals surface area contributed by atoms with Crippen molar-refractivity contribution in [1.82, 2.24) is 24.6 Å². The minimum atomic E-state index is -3.82. The van der Waals surface area contributed by atoms with Crippen molar-refractivity contribution >= 4 is 38.3 Å². The first kappa shape index (κ1) is 25.0. The number of anilines is 2. The van der Waals surface area contributed by atoms with Crippen LogP contribution in [0.3, 0.4) is 0 Å². The van der Waals surface area contributed by atoms with Gasteiger partial charge in [-0.1, -0.05) is 11.3 Å². The number of aromatic nitrogens is 3. The number of carboxylic acids is 1. The lowest BCUT2D eigenvalue weighted by atomic mass is 10.2. The maximum atomic E-state index is 13.6. The monoisotopic (exact) mass is 518 g/mol. The first-order chi connectivity index (χ1) is 16.7. The lowest BCUT2D eigenvalue weighted by molar-refractivity contribution is 0.0702. The Morgan fingerprint density at radius 1 is 1.31 bits per heavy atom. The Kier molecular flexibility index (Phi) is 7.31. The Labute approximate surface area is 207 Å². The molecule has 0 amide bonds. The van der Waals surface area contributed by atoms with E-state index >= 15 is 0 Å².